The van der Waals surface area contributed by atoms with Gasteiger partial charge in [-0.3, -0.25) is 9.10 Å². The average molecular weight is 407 g/mol. The molecule has 0 spiro atoms. The molecule has 128 valence electrons. The highest BCUT2D eigenvalue weighted by molar-refractivity contribution is 7.93. The molecule has 0 fully saturated rings. The van der Waals surface area contributed by atoms with Crippen LogP contribution in [-0.4, -0.2) is 20.2 Å². The predicted octanol–water partition coefficient (Wildman–Crippen LogP) is 4.57. The van der Waals surface area contributed by atoms with Crippen LogP contribution in [0.5, 0.6) is 0 Å². The molecular formula is C16H14Cl3NO3S. The molecule has 0 aliphatic rings. The average Bonchev–Trinajstić information content (AvgIpc) is 2.50. The van der Waals surface area contributed by atoms with Crippen molar-refractivity contribution in [3.05, 3.63) is 57.6 Å². The summed E-state index contributed by atoms with van der Waals surface area (Å²) in [4.78, 5) is 11.3. The largest absolute Gasteiger partial charge is 0.279 e. The zero-order chi connectivity index (χ0) is 18.1. The summed E-state index contributed by atoms with van der Waals surface area (Å²) < 4.78 is 27.1. The Morgan fingerprint density at radius 2 is 1.79 bits per heavy atom. The molecule has 4 nitrogen and oxygen atoms in total. The van der Waals surface area contributed by atoms with E-state index in [1.54, 1.807) is 19.1 Å². The van der Waals surface area contributed by atoms with Gasteiger partial charge in [-0.25, -0.2) is 8.42 Å². The van der Waals surface area contributed by atoms with Crippen molar-refractivity contribution in [2.75, 3.05) is 10.8 Å². The van der Waals surface area contributed by atoms with E-state index in [1.165, 1.54) is 18.2 Å². The number of hydrogen-bond donors (Lipinski definition) is 0. The molecule has 0 saturated heterocycles. The molecule has 24 heavy (non-hydrogen) atoms. The van der Waals surface area contributed by atoms with Crippen molar-refractivity contribution in [1.29, 1.82) is 0 Å². The molecule has 0 radical (unpaired) electrons. The quantitative estimate of drug-likeness (QED) is 0.683. The molecule has 2 rings (SSSR count). The van der Waals surface area contributed by atoms with E-state index < -0.39 is 21.8 Å². The standard InChI is InChI=1S/C16H14Cl3NO3S/c1-10-4-3-5-14(11(10)2)20(9-16(19)21)24(22,23)15-8-12(17)6-7-13(15)18/h3-8H,9H2,1-2H3. The first kappa shape index (κ1) is 19.1. The number of carbonyl (C=O) groups is 1. The van der Waals surface area contributed by atoms with Crippen LogP contribution in [0.4, 0.5) is 5.69 Å². The van der Waals surface area contributed by atoms with Crippen LogP contribution in [0.25, 0.3) is 0 Å². The number of aryl methyl sites for hydroxylation is 1. The molecule has 0 atom stereocenters. The van der Waals surface area contributed by atoms with Gasteiger partial charge in [-0.1, -0.05) is 35.3 Å². The van der Waals surface area contributed by atoms with Gasteiger partial charge in [0.2, 0.25) is 5.24 Å². The van der Waals surface area contributed by atoms with Gasteiger partial charge in [0.15, 0.2) is 0 Å². The van der Waals surface area contributed by atoms with Gasteiger partial charge in [0.1, 0.15) is 11.4 Å². The molecule has 0 unspecified atom stereocenters. The van der Waals surface area contributed by atoms with E-state index in [-0.39, 0.29) is 14.9 Å². The van der Waals surface area contributed by atoms with Crippen molar-refractivity contribution in [3.63, 3.8) is 0 Å². The number of sulfonamides is 1. The van der Waals surface area contributed by atoms with Crippen LogP contribution in [0.15, 0.2) is 41.3 Å². The Labute approximate surface area is 156 Å². The molecule has 0 N–H and O–H groups in total. The van der Waals surface area contributed by atoms with Crippen LogP contribution < -0.4 is 4.31 Å². The van der Waals surface area contributed by atoms with Crippen molar-refractivity contribution in [1.82, 2.24) is 0 Å². The summed E-state index contributed by atoms with van der Waals surface area (Å²) in [7, 11) is -4.13. The van der Waals surface area contributed by atoms with Crippen LogP contribution in [-0.2, 0) is 14.8 Å². The highest BCUT2D eigenvalue weighted by Crippen LogP contribution is 2.32. The number of nitrogens with zero attached hydrogens (tertiary/aromatic N) is 1. The second-order valence-electron chi connectivity index (χ2n) is 5.16. The maximum absolute atomic E-state index is 13.1. The van der Waals surface area contributed by atoms with Crippen molar-refractivity contribution in [2.24, 2.45) is 0 Å². The first-order valence-electron chi connectivity index (χ1n) is 6.87. The lowest BCUT2D eigenvalue weighted by molar-refractivity contribution is -0.110. The Morgan fingerprint density at radius 3 is 2.42 bits per heavy atom. The van der Waals surface area contributed by atoms with E-state index in [4.69, 9.17) is 34.8 Å². The summed E-state index contributed by atoms with van der Waals surface area (Å²) in [6, 6.07) is 9.28. The van der Waals surface area contributed by atoms with E-state index in [1.807, 2.05) is 13.0 Å². The van der Waals surface area contributed by atoms with Crippen molar-refractivity contribution >= 4 is 55.8 Å². The normalized spacial score (nSPS) is 11.4. The number of rotatable bonds is 5. The van der Waals surface area contributed by atoms with Crippen LogP contribution >= 0.6 is 34.8 Å². The summed E-state index contributed by atoms with van der Waals surface area (Å²) in [5.74, 6) is 0. The minimum absolute atomic E-state index is 0.0109. The lowest BCUT2D eigenvalue weighted by Gasteiger charge is -2.25. The summed E-state index contributed by atoms with van der Waals surface area (Å²) in [5, 5.41) is -0.578. The number of hydrogen-bond acceptors (Lipinski definition) is 3. The zero-order valence-corrected chi connectivity index (χ0v) is 16.0. The smallest absolute Gasteiger partial charge is 0.266 e. The molecule has 0 bridgehead atoms. The Kier molecular flexibility index (Phi) is 5.81. The first-order valence-corrected chi connectivity index (χ1v) is 9.44. The zero-order valence-electron chi connectivity index (χ0n) is 12.9. The lowest BCUT2D eigenvalue weighted by Crippen LogP contribution is -2.35. The van der Waals surface area contributed by atoms with Crippen LogP contribution in [0.1, 0.15) is 11.1 Å². The number of anilines is 1. The Morgan fingerprint density at radius 1 is 1.12 bits per heavy atom. The van der Waals surface area contributed by atoms with Gasteiger partial charge < -0.3 is 0 Å². The van der Waals surface area contributed by atoms with E-state index in [0.29, 0.717) is 5.69 Å². The Balaban J connectivity index is 2.69. The Bertz CT molecular complexity index is 897. The number of carbonyl (C=O) groups excluding carboxylic acids is 1. The third-order valence-corrected chi connectivity index (χ3v) is 6.17. The van der Waals surface area contributed by atoms with Gasteiger partial charge in [-0.15, -0.1) is 0 Å². The van der Waals surface area contributed by atoms with Gasteiger partial charge in [0.05, 0.1) is 10.7 Å². The van der Waals surface area contributed by atoms with Gasteiger partial charge in [-0.05, 0) is 60.8 Å². The SMILES string of the molecule is Cc1cccc(N(CC(=O)Cl)S(=O)(=O)c2cc(Cl)ccc2Cl)c1C. The minimum atomic E-state index is -4.13. The minimum Gasteiger partial charge on any atom is -0.279 e. The van der Waals surface area contributed by atoms with Crippen LogP contribution in [0.3, 0.4) is 0 Å². The molecule has 0 aromatic heterocycles. The van der Waals surface area contributed by atoms with Crippen molar-refractivity contribution < 1.29 is 13.2 Å². The fourth-order valence-electron chi connectivity index (χ4n) is 2.21. The molecule has 2 aromatic carbocycles. The van der Waals surface area contributed by atoms with E-state index in [9.17, 15) is 13.2 Å². The maximum atomic E-state index is 13.1. The summed E-state index contributed by atoms with van der Waals surface area (Å²) in [6.45, 7) is 3.10. The molecule has 0 amide bonds. The van der Waals surface area contributed by atoms with Crippen LogP contribution in [0.2, 0.25) is 10.0 Å². The molecule has 0 aliphatic heterocycles. The lowest BCUT2D eigenvalue weighted by atomic mass is 10.1. The third-order valence-electron chi connectivity index (χ3n) is 3.57. The fourth-order valence-corrected chi connectivity index (χ4v) is 4.62. The van der Waals surface area contributed by atoms with E-state index in [0.717, 1.165) is 15.4 Å². The van der Waals surface area contributed by atoms with E-state index >= 15 is 0 Å². The number of benzene rings is 2. The van der Waals surface area contributed by atoms with E-state index in [2.05, 4.69) is 0 Å². The second-order valence-corrected chi connectivity index (χ2v) is 8.26. The topological polar surface area (TPSA) is 54.5 Å². The number of halogens is 3. The molecule has 8 heteroatoms. The van der Waals surface area contributed by atoms with Crippen LogP contribution in [0, 0.1) is 13.8 Å². The maximum Gasteiger partial charge on any atom is 0.266 e. The molecule has 0 aliphatic carbocycles. The molecular weight excluding hydrogens is 393 g/mol. The van der Waals surface area contributed by atoms with Gasteiger partial charge in [0.25, 0.3) is 10.0 Å². The summed E-state index contributed by atoms with van der Waals surface area (Å²) in [6.07, 6.45) is 0. The monoisotopic (exact) mass is 405 g/mol. The summed E-state index contributed by atoms with van der Waals surface area (Å²) in [5.41, 5.74) is 1.96. The fraction of sp³-hybridized carbons (Fsp3) is 0.188. The van der Waals surface area contributed by atoms with Crippen molar-refractivity contribution in [2.45, 2.75) is 18.7 Å². The Hall–Kier alpha value is -1.27. The highest BCUT2D eigenvalue weighted by Gasteiger charge is 2.30. The first-order chi connectivity index (χ1) is 11.1. The van der Waals surface area contributed by atoms with Gasteiger partial charge in [-0.2, -0.15) is 0 Å². The predicted molar refractivity (Wildman–Crippen MR) is 97.8 cm³/mol. The third kappa shape index (κ3) is 3.86. The molecule has 0 saturated carbocycles. The van der Waals surface area contributed by atoms with Crippen molar-refractivity contribution in [3.8, 4) is 0 Å². The molecule has 2 aromatic rings. The summed E-state index contributed by atoms with van der Waals surface area (Å²) >= 11 is 17.4. The second kappa shape index (κ2) is 7.31. The van der Waals surface area contributed by atoms with Gasteiger partial charge >= 0.3 is 0 Å². The highest BCUT2D eigenvalue weighted by atomic mass is 35.5. The van der Waals surface area contributed by atoms with Gasteiger partial charge in [0, 0.05) is 5.02 Å². The molecule has 0 heterocycles.